The van der Waals surface area contributed by atoms with Gasteiger partial charge in [0.1, 0.15) is 0 Å². The first kappa shape index (κ1) is 14.5. The Morgan fingerprint density at radius 2 is 2.24 bits per heavy atom. The molecule has 17 heavy (non-hydrogen) atoms. The van der Waals surface area contributed by atoms with Crippen LogP contribution < -0.4 is 0 Å². The molecule has 2 atom stereocenters. The molecule has 0 radical (unpaired) electrons. The average Bonchev–Trinajstić information content (AvgIpc) is 2.65. The van der Waals surface area contributed by atoms with Crippen molar-refractivity contribution in [1.82, 2.24) is 9.80 Å². The molecule has 1 fully saturated rings. The van der Waals surface area contributed by atoms with Crippen LogP contribution in [0.1, 0.15) is 33.1 Å². The summed E-state index contributed by atoms with van der Waals surface area (Å²) in [5.74, 6) is -0.0736. The highest BCUT2D eigenvalue weighted by molar-refractivity contribution is 5.70. The summed E-state index contributed by atoms with van der Waals surface area (Å²) in [4.78, 5) is 16.2. The van der Waals surface area contributed by atoms with E-state index in [0.29, 0.717) is 25.1 Å². The molecule has 1 aliphatic rings. The van der Waals surface area contributed by atoms with E-state index < -0.39 is 0 Å². The number of carbonyl (C=O) groups is 1. The Hall–Kier alpha value is -0.610. The number of carbonyl (C=O) groups excluding carboxylic acids is 1. The summed E-state index contributed by atoms with van der Waals surface area (Å²) in [6.45, 7) is 6.65. The quantitative estimate of drug-likeness (QED) is 0.658. The lowest BCUT2D eigenvalue weighted by molar-refractivity contribution is -0.144. The van der Waals surface area contributed by atoms with Crippen molar-refractivity contribution >= 4 is 5.97 Å². The highest BCUT2D eigenvalue weighted by atomic mass is 16.5. The van der Waals surface area contributed by atoms with E-state index in [0.717, 1.165) is 13.1 Å². The smallest absolute Gasteiger partial charge is 0.307 e. The number of rotatable bonds is 6. The Bertz CT molecular complexity index is 244. The zero-order valence-electron chi connectivity index (χ0n) is 11.6. The van der Waals surface area contributed by atoms with E-state index in [1.165, 1.54) is 12.8 Å². The van der Waals surface area contributed by atoms with E-state index in [1.807, 2.05) is 6.92 Å². The summed E-state index contributed by atoms with van der Waals surface area (Å²) in [5.41, 5.74) is 0. The first-order valence-corrected chi connectivity index (χ1v) is 6.60. The number of likely N-dealkylation sites (tertiary alicyclic amines) is 1. The second-order valence-electron chi connectivity index (χ2n) is 5.15. The summed E-state index contributed by atoms with van der Waals surface area (Å²) in [6, 6.07) is 0.885. The van der Waals surface area contributed by atoms with Crippen LogP contribution in [-0.4, -0.2) is 61.6 Å². The van der Waals surface area contributed by atoms with E-state index in [1.54, 1.807) is 0 Å². The normalized spacial score (nSPS) is 23.0. The van der Waals surface area contributed by atoms with Crippen LogP contribution in [-0.2, 0) is 9.53 Å². The Morgan fingerprint density at radius 3 is 2.82 bits per heavy atom. The molecule has 0 bridgehead atoms. The van der Waals surface area contributed by atoms with Crippen LogP contribution in [0.25, 0.3) is 0 Å². The summed E-state index contributed by atoms with van der Waals surface area (Å²) in [6.07, 6.45) is 2.99. The number of likely N-dealkylation sites (N-methyl/N-ethyl adjacent to an activating group) is 1. The van der Waals surface area contributed by atoms with Gasteiger partial charge in [0, 0.05) is 18.6 Å². The van der Waals surface area contributed by atoms with Crippen molar-refractivity contribution in [3.8, 4) is 0 Å². The maximum Gasteiger partial charge on any atom is 0.307 e. The maximum absolute atomic E-state index is 11.5. The van der Waals surface area contributed by atoms with Crippen LogP contribution in [0.5, 0.6) is 0 Å². The second kappa shape index (κ2) is 6.97. The minimum Gasteiger partial charge on any atom is -0.466 e. The summed E-state index contributed by atoms with van der Waals surface area (Å²) >= 11 is 0. The molecule has 0 spiro atoms. The van der Waals surface area contributed by atoms with Gasteiger partial charge in [-0.15, -0.1) is 0 Å². The first-order chi connectivity index (χ1) is 8.04. The van der Waals surface area contributed by atoms with Gasteiger partial charge in [-0.3, -0.25) is 9.69 Å². The lowest BCUT2D eigenvalue weighted by Gasteiger charge is -2.31. The Morgan fingerprint density at radius 1 is 1.53 bits per heavy atom. The summed E-state index contributed by atoms with van der Waals surface area (Å²) < 4.78 is 5.01. The third-order valence-electron chi connectivity index (χ3n) is 3.33. The molecule has 1 heterocycles. The van der Waals surface area contributed by atoms with Gasteiger partial charge in [-0.05, 0) is 47.3 Å². The fourth-order valence-electron chi connectivity index (χ4n) is 2.63. The van der Waals surface area contributed by atoms with Gasteiger partial charge in [0.15, 0.2) is 0 Å². The van der Waals surface area contributed by atoms with Gasteiger partial charge in [-0.2, -0.15) is 0 Å². The number of esters is 1. The van der Waals surface area contributed by atoms with Gasteiger partial charge in [-0.25, -0.2) is 0 Å². The molecule has 1 aliphatic heterocycles. The van der Waals surface area contributed by atoms with E-state index in [4.69, 9.17) is 4.74 Å². The molecule has 0 aromatic rings. The number of hydrogen-bond donors (Lipinski definition) is 0. The van der Waals surface area contributed by atoms with Crippen molar-refractivity contribution in [3.63, 3.8) is 0 Å². The molecule has 0 aromatic carbocycles. The lowest BCUT2D eigenvalue weighted by atomic mass is 10.1. The number of hydrogen-bond acceptors (Lipinski definition) is 4. The van der Waals surface area contributed by atoms with E-state index >= 15 is 0 Å². The number of nitrogens with zero attached hydrogens (tertiary/aromatic N) is 2. The van der Waals surface area contributed by atoms with Crippen molar-refractivity contribution in [2.45, 2.75) is 45.2 Å². The molecule has 4 nitrogen and oxygen atoms in total. The molecule has 2 unspecified atom stereocenters. The molecule has 1 rings (SSSR count). The van der Waals surface area contributed by atoms with Crippen molar-refractivity contribution in [2.24, 2.45) is 0 Å². The Balaban J connectivity index is 2.43. The second-order valence-corrected chi connectivity index (χ2v) is 5.15. The summed E-state index contributed by atoms with van der Waals surface area (Å²) in [5, 5.41) is 0. The molecule has 0 amide bonds. The van der Waals surface area contributed by atoms with Gasteiger partial charge in [0.25, 0.3) is 0 Å². The third-order valence-corrected chi connectivity index (χ3v) is 3.33. The van der Waals surface area contributed by atoms with Crippen LogP contribution in [0.3, 0.4) is 0 Å². The molecular formula is C13H26N2O2. The van der Waals surface area contributed by atoms with E-state index in [2.05, 4.69) is 30.8 Å². The van der Waals surface area contributed by atoms with Crippen LogP contribution in [0.2, 0.25) is 0 Å². The van der Waals surface area contributed by atoms with Crippen LogP contribution in [0.15, 0.2) is 0 Å². The monoisotopic (exact) mass is 242 g/mol. The molecular weight excluding hydrogens is 216 g/mol. The largest absolute Gasteiger partial charge is 0.466 e. The van der Waals surface area contributed by atoms with Gasteiger partial charge in [-0.1, -0.05) is 0 Å². The van der Waals surface area contributed by atoms with Gasteiger partial charge in [0.05, 0.1) is 13.0 Å². The molecule has 1 saturated heterocycles. The molecule has 0 saturated carbocycles. The minimum absolute atomic E-state index is 0.0736. The van der Waals surface area contributed by atoms with Crippen LogP contribution >= 0.6 is 0 Å². The molecule has 4 heteroatoms. The molecule has 0 N–H and O–H groups in total. The zero-order valence-corrected chi connectivity index (χ0v) is 11.6. The molecule has 0 aliphatic carbocycles. The SMILES string of the molecule is CCOC(=O)CC(C)N1CCCC1CN(C)C. The first-order valence-electron chi connectivity index (χ1n) is 6.60. The fourth-order valence-corrected chi connectivity index (χ4v) is 2.63. The van der Waals surface area contributed by atoms with Crippen molar-refractivity contribution in [3.05, 3.63) is 0 Å². The number of ether oxygens (including phenoxy) is 1. The lowest BCUT2D eigenvalue weighted by Crippen LogP contribution is -2.43. The van der Waals surface area contributed by atoms with Crippen molar-refractivity contribution < 1.29 is 9.53 Å². The van der Waals surface area contributed by atoms with Crippen molar-refractivity contribution in [1.29, 1.82) is 0 Å². The highest BCUT2D eigenvalue weighted by Crippen LogP contribution is 2.22. The average molecular weight is 242 g/mol. The highest BCUT2D eigenvalue weighted by Gasteiger charge is 2.29. The third kappa shape index (κ3) is 4.64. The minimum atomic E-state index is -0.0736. The van der Waals surface area contributed by atoms with Crippen LogP contribution in [0, 0.1) is 0 Å². The maximum atomic E-state index is 11.5. The standard InChI is InChI=1S/C13H26N2O2/c1-5-17-13(16)9-11(2)15-8-6-7-12(15)10-14(3)4/h11-12H,5-10H2,1-4H3. The molecule has 100 valence electrons. The molecule has 0 aromatic heterocycles. The van der Waals surface area contributed by atoms with E-state index in [-0.39, 0.29) is 5.97 Å². The Kier molecular flexibility index (Phi) is 5.92. The van der Waals surface area contributed by atoms with E-state index in [9.17, 15) is 4.79 Å². The van der Waals surface area contributed by atoms with Gasteiger partial charge >= 0.3 is 5.97 Å². The van der Waals surface area contributed by atoms with Crippen LogP contribution in [0.4, 0.5) is 0 Å². The fraction of sp³-hybridized carbons (Fsp3) is 0.923. The van der Waals surface area contributed by atoms with Gasteiger partial charge in [0.2, 0.25) is 0 Å². The zero-order chi connectivity index (χ0) is 12.8. The topological polar surface area (TPSA) is 32.8 Å². The van der Waals surface area contributed by atoms with Crippen molar-refractivity contribution in [2.75, 3.05) is 33.8 Å². The predicted molar refractivity (Wildman–Crippen MR) is 69.0 cm³/mol. The predicted octanol–water partition coefficient (Wildman–Crippen LogP) is 1.35. The Labute approximate surface area is 105 Å². The van der Waals surface area contributed by atoms with Gasteiger partial charge < -0.3 is 9.64 Å². The summed E-state index contributed by atoms with van der Waals surface area (Å²) in [7, 11) is 4.21.